The Morgan fingerprint density at radius 1 is 0.704 bits per heavy atom. The predicted molar refractivity (Wildman–Crippen MR) is 108 cm³/mol. The summed E-state index contributed by atoms with van der Waals surface area (Å²) >= 11 is 5.81. The van der Waals surface area contributed by atoms with Gasteiger partial charge in [-0.2, -0.15) is 0 Å². The number of hydrogen-bond donors (Lipinski definition) is 2. The number of hydrogen-bond acceptors (Lipinski definition) is 2. The number of carbonyl (C=O) groups excluding carboxylic acids is 2. The number of benzene rings is 3. The lowest BCUT2D eigenvalue weighted by Gasteiger charge is -2.11. The van der Waals surface area contributed by atoms with Crippen molar-refractivity contribution in [1.82, 2.24) is 10.6 Å². The molecule has 0 fully saturated rings. The summed E-state index contributed by atoms with van der Waals surface area (Å²) in [6, 6.07) is 23.9. The van der Waals surface area contributed by atoms with Crippen LogP contribution in [0.4, 0.5) is 0 Å². The molecule has 0 atom stereocenters. The molecule has 3 aromatic rings. The predicted octanol–water partition coefficient (Wildman–Crippen LogP) is 4.17. The Kier molecular flexibility index (Phi) is 6.23. The van der Waals surface area contributed by atoms with E-state index in [1.165, 1.54) is 0 Å². The Balaban J connectivity index is 1.56. The largest absolute Gasteiger partial charge is 0.350 e. The molecule has 3 aromatic carbocycles. The first-order valence-electron chi connectivity index (χ1n) is 8.61. The molecule has 27 heavy (non-hydrogen) atoms. The van der Waals surface area contributed by atoms with Crippen LogP contribution in [0, 0.1) is 0 Å². The van der Waals surface area contributed by atoms with E-state index in [2.05, 4.69) is 10.6 Å². The maximum Gasteiger partial charge on any atom is 0.251 e. The topological polar surface area (TPSA) is 58.2 Å². The molecule has 0 spiro atoms. The summed E-state index contributed by atoms with van der Waals surface area (Å²) in [4.78, 5) is 24.6. The minimum atomic E-state index is -0.203. The molecule has 0 aliphatic carbocycles. The van der Waals surface area contributed by atoms with Gasteiger partial charge in [0.25, 0.3) is 11.8 Å². The highest BCUT2D eigenvalue weighted by atomic mass is 35.5. The van der Waals surface area contributed by atoms with Crippen molar-refractivity contribution >= 4 is 23.4 Å². The zero-order chi connectivity index (χ0) is 19.1. The van der Waals surface area contributed by atoms with Gasteiger partial charge in [0, 0.05) is 29.2 Å². The van der Waals surface area contributed by atoms with Crippen LogP contribution in [0.15, 0.2) is 78.9 Å². The SMILES string of the molecule is O=C(NCCNC(=O)c1ccccc1-c1ccccc1)c1ccc(Cl)cc1. The molecule has 2 amide bonds. The van der Waals surface area contributed by atoms with Gasteiger partial charge in [-0.3, -0.25) is 9.59 Å². The van der Waals surface area contributed by atoms with E-state index in [1.807, 2.05) is 48.5 Å². The van der Waals surface area contributed by atoms with Gasteiger partial charge < -0.3 is 10.6 Å². The zero-order valence-corrected chi connectivity index (χ0v) is 15.4. The van der Waals surface area contributed by atoms with E-state index in [0.29, 0.717) is 29.2 Å². The van der Waals surface area contributed by atoms with Crippen LogP contribution < -0.4 is 10.6 Å². The lowest BCUT2D eigenvalue weighted by molar-refractivity contribution is 0.0928. The van der Waals surface area contributed by atoms with E-state index in [9.17, 15) is 9.59 Å². The first-order chi connectivity index (χ1) is 13.1. The normalized spacial score (nSPS) is 10.3. The quantitative estimate of drug-likeness (QED) is 0.632. The van der Waals surface area contributed by atoms with E-state index in [4.69, 9.17) is 11.6 Å². The summed E-state index contributed by atoms with van der Waals surface area (Å²) in [6.07, 6.45) is 0. The fourth-order valence-electron chi connectivity index (χ4n) is 2.70. The minimum absolute atomic E-state index is 0.171. The van der Waals surface area contributed by atoms with E-state index in [0.717, 1.165) is 11.1 Å². The Morgan fingerprint density at radius 3 is 2.00 bits per heavy atom. The fraction of sp³-hybridized carbons (Fsp3) is 0.0909. The number of amides is 2. The van der Waals surface area contributed by atoms with Crippen LogP contribution in [-0.2, 0) is 0 Å². The molecule has 0 aromatic heterocycles. The van der Waals surface area contributed by atoms with Crippen LogP contribution in [-0.4, -0.2) is 24.9 Å². The maximum absolute atomic E-state index is 12.6. The van der Waals surface area contributed by atoms with Crippen LogP contribution >= 0.6 is 11.6 Å². The maximum atomic E-state index is 12.6. The number of nitrogens with one attached hydrogen (secondary N) is 2. The molecule has 0 aliphatic heterocycles. The van der Waals surface area contributed by atoms with E-state index in [-0.39, 0.29) is 11.8 Å². The van der Waals surface area contributed by atoms with Gasteiger partial charge in [-0.15, -0.1) is 0 Å². The van der Waals surface area contributed by atoms with Crippen LogP contribution in [0.1, 0.15) is 20.7 Å². The molecule has 0 bridgehead atoms. The van der Waals surface area contributed by atoms with Crippen molar-refractivity contribution < 1.29 is 9.59 Å². The van der Waals surface area contributed by atoms with Gasteiger partial charge in [-0.25, -0.2) is 0 Å². The van der Waals surface area contributed by atoms with Crippen molar-refractivity contribution in [2.24, 2.45) is 0 Å². The highest BCUT2D eigenvalue weighted by Gasteiger charge is 2.12. The summed E-state index contributed by atoms with van der Waals surface area (Å²) in [7, 11) is 0. The molecule has 5 heteroatoms. The highest BCUT2D eigenvalue weighted by molar-refractivity contribution is 6.30. The van der Waals surface area contributed by atoms with Crippen molar-refractivity contribution in [3.63, 3.8) is 0 Å². The van der Waals surface area contributed by atoms with Crippen molar-refractivity contribution in [1.29, 1.82) is 0 Å². The Morgan fingerprint density at radius 2 is 1.30 bits per heavy atom. The molecule has 136 valence electrons. The highest BCUT2D eigenvalue weighted by Crippen LogP contribution is 2.23. The monoisotopic (exact) mass is 378 g/mol. The number of carbonyl (C=O) groups is 2. The summed E-state index contributed by atoms with van der Waals surface area (Å²) in [5.74, 6) is -0.374. The van der Waals surface area contributed by atoms with E-state index < -0.39 is 0 Å². The average Bonchev–Trinajstić information content (AvgIpc) is 2.72. The van der Waals surface area contributed by atoms with Crippen molar-refractivity contribution in [2.45, 2.75) is 0 Å². The third kappa shape index (κ3) is 4.96. The van der Waals surface area contributed by atoms with Gasteiger partial charge >= 0.3 is 0 Å². The molecule has 3 rings (SSSR count). The Labute approximate surface area is 163 Å². The van der Waals surface area contributed by atoms with Crippen molar-refractivity contribution in [3.8, 4) is 11.1 Å². The molecular weight excluding hydrogens is 360 g/mol. The molecule has 2 N–H and O–H groups in total. The Hall–Kier alpha value is -3.11. The van der Waals surface area contributed by atoms with E-state index in [1.54, 1.807) is 30.3 Å². The van der Waals surface area contributed by atoms with Gasteiger partial charge in [0.2, 0.25) is 0 Å². The smallest absolute Gasteiger partial charge is 0.251 e. The molecular formula is C22H19ClN2O2. The standard InChI is InChI=1S/C22H19ClN2O2/c23-18-12-10-17(11-13-18)21(26)24-14-15-25-22(27)20-9-5-4-8-19(20)16-6-2-1-3-7-16/h1-13H,14-15H2,(H,24,26)(H,25,27). The summed E-state index contributed by atoms with van der Waals surface area (Å²) in [6.45, 7) is 0.669. The number of halogens is 1. The van der Waals surface area contributed by atoms with E-state index >= 15 is 0 Å². The molecule has 0 saturated carbocycles. The molecule has 0 saturated heterocycles. The summed E-state index contributed by atoms with van der Waals surface area (Å²) < 4.78 is 0. The van der Waals surface area contributed by atoms with Gasteiger partial charge in [-0.05, 0) is 41.5 Å². The molecule has 0 radical (unpaired) electrons. The zero-order valence-electron chi connectivity index (χ0n) is 14.6. The second-order valence-electron chi connectivity index (χ2n) is 5.93. The molecule has 0 unspecified atom stereocenters. The van der Waals surface area contributed by atoms with Crippen LogP contribution in [0.2, 0.25) is 5.02 Å². The second kappa shape index (κ2) is 9.01. The molecule has 0 aliphatic rings. The van der Waals surface area contributed by atoms with Crippen LogP contribution in [0.3, 0.4) is 0 Å². The second-order valence-corrected chi connectivity index (χ2v) is 6.37. The minimum Gasteiger partial charge on any atom is -0.350 e. The van der Waals surface area contributed by atoms with Crippen LogP contribution in [0.5, 0.6) is 0 Å². The lowest BCUT2D eigenvalue weighted by atomic mass is 9.99. The van der Waals surface area contributed by atoms with Crippen LogP contribution in [0.25, 0.3) is 11.1 Å². The van der Waals surface area contributed by atoms with Gasteiger partial charge in [0.15, 0.2) is 0 Å². The first kappa shape index (κ1) is 18.7. The first-order valence-corrected chi connectivity index (χ1v) is 8.99. The van der Waals surface area contributed by atoms with Gasteiger partial charge in [0.1, 0.15) is 0 Å². The third-order valence-electron chi connectivity index (χ3n) is 4.06. The summed E-state index contributed by atoms with van der Waals surface area (Å²) in [5.41, 5.74) is 2.99. The van der Waals surface area contributed by atoms with Gasteiger partial charge in [-0.1, -0.05) is 60.1 Å². The lowest BCUT2D eigenvalue weighted by Crippen LogP contribution is -2.34. The third-order valence-corrected chi connectivity index (χ3v) is 4.31. The fourth-order valence-corrected chi connectivity index (χ4v) is 2.83. The van der Waals surface area contributed by atoms with Gasteiger partial charge in [0.05, 0.1) is 0 Å². The average molecular weight is 379 g/mol. The Bertz CT molecular complexity index is 925. The summed E-state index contributed by atoms with van der Waals surface area (Å²) in [5, 5.41) is 6.20. The molecule has 0 heterocycles. The van der Waals surface area contributed by atoms with Crippen molar-refractivity contribution in [3.05, 3.63) is 95.0 Å². The number of rotatable bonds is 6. The molecule has 4 nitrogen and oxygen atoms in total. The van der Waals surface area contributed by atoms with Crippen molar-refractivity contribution in [2.75, 3.05) is 13.1 Å².